The van der Waals surface area contributed by atoms with Crippen molar-refractivity contribution in [3.05, 3.63) is 34.7 Å². The predicted molar refractivity (Wildman–Crippen MR) is 79.6 cm³/mol. The first-order chi connectivity index (χ1) is 9.67. The molecule has 0 aliphatic rings. The number of methoxy groups -OCH3 is 1. The zero-order chi connectivity index (χ0) is 14.5. The second-order valence-electron chi connectivity index (χ2n) is 4.46. The van der Waals surface area contributed by atoms with E-state index in [0.717, 1.165) is 15.6 Å². The van der Waals surface area contributed by atoms with Gasteiger partial charge in [0, 0.05) is 17.4 Å². The molecule has 0 saturated heterocycles. The van der Waals surface area contributed by atoms with Crippen molar-refractivity contribution in [2.75, 3.05) is 13.7 Å². The minimum absolute atomic E-state index is 0.0348. The van der Waals surface area contributed by atoms with Gasteiger partial charge in [-0.15, -0.1) is 11.3 Å². The smallest absolute Gasteiger partial charge is 0.275 e. The number of nitrogen functional groups attached to an aromatic ring is 1. The van der Waals surface area contributed by atoms with Gasteiger partial charge in [-0.05, 0) is 18.4 Å². The van der Waals surface area contributed by atoms with Gasteiger partial charge in [-0.1, -0.05) is 18.2 Å². The predicted octanol–water partition coefficient (Wildman–Crippen LogP) is 2.06. The monoisotopic (exact) mass is 294 g/mol. The minimum Gasteiger partial charge on any atom is -0.382 e. The van der Waals surface area contributed by atoms with Gasteiger partial charge in [0.2, 0.25) is 0 Å². The maximum absolute atomic E-state index is 11.9. The van der Waals surface area contributed by atoms with Crippen molar-refractivity contribution in [1.29, 1.82) is 0 Å². The first-order valence-corrected chi connectivity index (χ1v) is 7.11. The Labute approximate surface area is 121 Å². The molecule has 3 N–H and O–H groups in total. The molecule has 2 aromatic rings. The fourth-order valence-electron chi connectivity index (χ4n) is 2.00. The number of ether oxygens (including phenoxy) is 2. The van der Waals surface area contributed by atoms with Gasteiger partial charge < -0.3 is 9.47 Å². The molecule has 20 heavy (non-hydrogen) atoms. The first-order valence-electron chi connectivity index (χ1n) is 6.29. The Morgan fingerprint density at radius 2 is 2.20 bits per heavy atom. The molecule has 1 aromatic carbocycles. The summed E-state index contributed by atoms with van der Waals surface area (Å²) in [5.41, 5.74) is 3.06. The standard InChI is InChI=1S/C14H18N2O3S/c1-9(7-18-2)19-8-11-10-5-3-4-6-12(10)20-13(11)14(17)16-15/h3-6,9H,7-8,15H2,1-2H3,(H,16,17). The molecule has 1 atom stereocenters. The number of hydrogen-bond acceptors (Lipinski definition) is 5. The summed E-state index contributed by atoms with van der Waals surface area (Å²) in [6.45, 7) is 2.80. The molecule has 108 valence electrons. The van der Waals surface area contributed by atoms with E-state index >= 15 is 0 Å². The van der Waals surface area contributed by atoms with Crippen LogP contribution in [0.2, 0.25) is 0 Å². The summed E-state index contributed by atoms with van der Waals surface area (Å²) < 4.78 is 11.8. The largest absolute Gasteiger partial charge is 0.382 e. The fourth-order valence-corrected chi connectivity index (χ4v) is 3.11. The van der Waals surface area contributed by atoms with Gasteiger partial charge in [0.1, 0.15) is 0 Å². The van der Waals surface area contributed by atoms with Gasteiger partial charge >= 0.3 is 0 Å². The summed E-state index contributed by atoms with van der Waals surface area (Å²) in [6.07, 6.45) is -0.0348. The normalized spacial score (nSPS) is 12.6. The Morgan fingerprint density at radius 3 is 2.90 bits per heavy atom. The Hall–Kier alpha value is -1.47. The molecule has 5 nitrogen and oxygen atoms in total. The maximum atomic E-state index is 11.9. The first kappa shape index (κ1) is 14.9. The summed E-state index contributed by atoms with van der Waals surface area (Å²) in [6, 6.07) is 7.86. The summed E-state index contributed by atoms with van der Waals surface area (Å²) in [7, 11) is 1.63. The third kappa shape index (κ3) is 3.16. The minimum atomic E-state index is -0.288. The molecule has 1 amide bonds. The zero-order valence-electron chi connectivity index (χ0n) is 11.5. The molecule has 6 heteroatoms. The number of rotatable bonds is 6. The van der Waals surface area contributed by atoms with Crippen LogP contribution in [0.4, 0.5) is 0 Å². The summed E-state index contributed by atoms with van der Waals surface area (Å²) >= 11 is 1.42. The van der Waals surface area contributed by atoms with Crippen molar-refractivity contribution >= 4 is 27.3 Å². The molecule has 2 rings (SSSR count). The average Bonchev–Trinajstić information content (AvgIpc) is 2.83. The lowest BCUT2D eigenvalue weighted by Gasteiger charge is -2.12. The van der Waals surface area contributed by atoms with Crippen LogP contribution >= 0.6 is 11.3 Å². The van der Waals surface area contributed by atoms with Crippen molar-refractivity contribution in [3.8, 4) is 0 Å². The Bertz CT molecular complexity index is 597. The number of benzene rings is 1. The van der Waals surface area contributed by atoms with Crippen LogP contribution in [-0.4, -0.2) is 25.7 Å². The van der Waals surface area contributed by atoms with E-state index in [9.17, 15) is 4.79 Å². The van der Waals surface area contributed by atoms with Crippen molar-refractivity contribution in [3.63, 3.8) is 0 Å². The second-order valence-corrected chi connectivity index (χ2v) is 5.51. The number of thiophene rings is 1. The SMILES string of the molecule is COCC(C)OCc1c(C(=O)NN)sc2ccccc12. The van der Waals surface area contributed by atoms with E-state index in [1.807, 2.05) is 31.2 Å². The van der Waals surface area contributed by atoms with Gasteiger partial charge in [0.05, 0.1) is 24.2 Å². The van der Waals surface area contributed by atoms with E-state index in [4.69, 9.17) is 15.3 Å². The number of carbonyl (C=O) groups excluding carboxylic acids is 1. The molecular weight excluding hydrogens is 276 g/mol. The zero-order valence-corrected chi connectivity index (χ0v) is 12.3. The molecular formula is C14H18N2O3S. The van der Waals surface area contributed by atoms with Crippen LogP contribution in [0.25, 0.3) is 10.1 Å². The van der Waals surface area contributed by atoms with E-state index < -0.39 is 0 Å². The Morgan fingerprint density at radius 1 is 1.45 bits per heavy atom. The number of nitrogens with one attached hydrogen (secondary N) is 1. The number of fused-ring (bicyclic) bond motifs is 1. The number of hydrazine groups is 1. The highest BCUT2D eigenvalue weighted by atomic mass is 32.1. The third-order valence-electron chi connectivity index (χ3n) is 2.95. The van der Waals surface area contributed by atoms with Crippen LogP contribution in [0, 0.1) is 0 Å². The van der Waals surface area contributed by atoms with Crippen LogP contribution in [-0.2, 0) is 16.1 Å². The van der Waals surface area contributed by atoms with Crippen molar-refractivity contribution in [2.24, 2.45) is 5.84 Å². The van der Waals surface area contributed by atoms with Gasteiger partial charge in [0.25, 0.3) is 5.91 Å². The van der Waals surface area contributed by atoms with E-state index in [1.54, 1.807) is 7.11 Å². The maximum Gasteiger partial charge on any atom is 0.275 e. The van der Waals surface area contributed by atoms with Gasteiger partial charge in [0.15, 0.2) is 0 Å². The topological polar surface area (TPSA) is 73.6 Å². The van der Waals surface area contributed by atoms with Crippen LogP contribution < -0.4 is 11.3 Å². The molecule has 0 aliphatic carbocycles. The van der Waals surface area contributed by atoms with E-state index in [2.05, 4.69) is 5.43 Å². The number of hydrogen-bond donors (Lipinski definition) is 2. The van der Waals surface area contributed by atoms with Crippen molar-refractivity contribution in [2.45, 2.75) is 19.6 Å². The molecule has 1 aromatic heterocycles. The fraction of sp³-hybridized carbons (Fsp3) is 0.357. The third-order valence-corrected chi connectivity index (χ3v) is 4.16. The van der Waals surface area contributed by atoms with Gasteiger partial charge in [-0.3, -0.25) is 10.2 Å². The molecule has 0 spiro atoms. The lowest BCUT2D eigenvalue weighted by molar-refractivity contribution is 0.000192. The second kappa shape index (κ2) is 6.81. The lowest BCUT2D eigenvalue weighted by atomic mass is 10.1. The molecule has 1 heterocycles. The lowest BCUT2D eigenvalue weighted by Crippen LogP contribution is -2.30. The summed E-state index contributed by atoms with van der Waals surface area (Å²) in [5.74, 6) is 4.96. The molecule has 0 saturated carbocycles. The molecule has 0 aliphatic heterocycles. The van der Waals surface area contributed by atoms with Crippen LogP contribution in [0.15, 0.2) is 24.3 Å². The van der Waals surface area contributed by atoms with Gasteiger partial charge in [-0.25, -0.2) is 5.84 Å². The Balaban J connectivity index is 2.31. The quantitative estimate of drug-likeness (QED) is 0.486. The van der Waals surface area contributed by atoms with E-state index in [0.29, 0.717) is 18.1 Å². The highest BCUT2D eigenvalue weighted by Gasteiger charge is 2.18. The van der Waals surface area contributed by atoms with Crippen molar-refractivity contribution in [1.82, 2.24) is 5.43 Å². The molecule has 0 bridgehead atoms. The van der Waals surface area contributed by atoms with Crippen LogP contribution in [0.1, 0.15) is 22.2 Å². The highest BCUT2D eigenvalue weighted by molar-refractivity contribution is 7.21. The van der Waals surface area contributed by atoms with E-state index in [-0.39, 0.29) is 12.0 Å². The molecule has 0 fully saturated rings. The average molecular weight is 294 g/mol. The number of nitrogens with two attached hydrogens (primary N) is 1. The van der Waals surface area contributed by atoms with Crippen LogP contribution in [0.5, 0.6) is 0 Å². The van der Waals surface area contributed by atoms with Crippen molar-refractivity contribution < 1.29 is 14.3 Å². The summed E-state index contributed by atoms with van der Waals surface area (Å²) in [4.78, 5) is 12.5. The van der Waals surface area contributed by atoms with E-state index in [1.165, 1.54) is 11.3 Å². The van der Waals surface area contributed by atoms with Crippen LogP contribution in [0.3, 0.4) is 0 Å². The molecule has 0 radical (unpaired) electrons. The Kier molecular flexibility index (Phi) is 5.08. The molecule has 1 unspecified atom stereocenters. The highest BCUT2D eigenvalue weighted by Crippen LogP contribution is 2.31. The summed E-state index contributed by atoms with van der Waals surface area (Å²) in [5, 5.41) is 1.03. The van der Waals surface area contributed by atoms with Gasteiger partial charge in [-0.2, -0.15) is 0 Å². The number of carbonyl (C=O) groups is 1. The number of amides is 1.